The van der Waals surface area contributed by atoms with Crippen LogP contribution in [0.25, 0.3) is 0 Å². The van der Waals surface area contributed by atoms with E-state index in [1.165, 1.54) is 0 Å². The van der Waals surface area contributed by atoms with Gasteiger partial charge < -0.3 is 10.5 Å². The molecule has 2 N–H and O–H groups in total. The van der Waals surface area contributed by atoms with E-state index in [0.717, 1.165) is 23.5 Å². The Kier molecular flexibility index (Phi) is 4.31. The largest absolute Gasteiger partial charge is 0.381 e. The van der Waals surface area contributed by atoms with E-state index < -0.39 is 10.8 Å². The molecular formula is C13H19NO2S. The average molecular weight is 253 g/mol. The quantitative estimate of drug-likeness (QED) is 0.884. The molecule has 0 saturated carbocycles. The molecule has 0 aliphatic carbocycles. The van der Waals surface area contributed by atoms with Crippen molar-refractivity contribution in [2.24, 2.45) is 11.7 Å². The Bertz CT molecular complexity index is 402. The van der Waals surface area contributed by atoms with Crippen LogP contribution >= 0.6 is 0 Å². The Morgan fingerprint density at radius 1 is 1.59 bits per heavy atom. The molecule has 1 fully saturated rings. The van der Waals surface area contributed by atoms with Crippen LogP contribution in [0.3, 0.4) is 0 Å². The molecule has 0 amide bonds. The number of nitrogens with two attached hydrogens (primary N) is 1. The molecule has 17 heavy (non-hydrogen) atoms. The molecule has 94 valence electrons. The zero-order chi connectivity index (χ0) is 12.3. The highest BCUT2D eigenvalue weighted by atomic mass is 32.2. The summed E-state index contributed by atoms with van der Waals surface area (Å²) in [5.41, 5.74) is 7.22. The molecule has 4 heteroatoms. The Morgan fingerprint density at radius 2 is 2.41 bits per heavy atom. The summed E-state index contributed by atoms with van der Waals surface area (Å²) in [5, 5.41) is 0. The highest BCUT2D eigenvalue weighted by Gasteiger charge is 2.24. The molecule has 1 saturated heterocycles. The lowest BCUT2D eigenvalue weighted by Gasteiger charge is -2.17. The topological polar surface area (TPSA) is 52.3 Å². The van der Waals surface area contributed by atoms with Crippen LogP contribution in [0, 0.1) is 12.8 Å². The van der Waals surface area contributed by atoms with Crippen molar-refractivity contribution in [1.82, 2.24) is 0 Å². The second kappa shape index (κ2) is 5.76. The molecule has 1 heterocycles. The van der Waals surface area contributed by atoms with Gasteiger partial charge in [0, 0.05) is 29.2 Å². The van der Waals surface area contributed by atoms with Crippen LogP contribution in [-0.2, 0) is 15.5 Å². The number of ether oxygens (including phenoxy) is 1. The van der Waals surface area contributed by atoms with Crippen LogP contribution in [0.5, 0.6) is 0 Å². The van der Waals surface area contributed by atoms with E-state index in [4.69, 9.17) is 10.5 Å². The van der Waals surface area contributed by atoms with E-state index in [1.807, 2.05) is 31.2 Å². The summed E-state index contributed by atoms with van der Waals surface area (Å²) in [6, 6.07) is 7.78. The van der Waals surface area contributed by atoms with Crippen molar-refractivity contribution in [3.8, 4) is 0 Å². The molecule has 1 aliphatic rings. The average Bonchev–Trinajstić information content (AvgIpc) is 2.82. The van der Waals surface area contributed by atoms with Crippen molar-refractivity contribution in [3.05, 3.63) is 29.8 Å². The Morgan fingerprint density at radius 3 is 3.06 bits per heavy atom. The molecule has 1 aromatic rings. The predicted octanol–water partition coefficient (Wildman–Crippen LogP) is 1.47. The van der Waals surface area contributed by atoms with Crippen LogP contribution in [0.1, 0.15) is 12.0 Å². The molecule has 3 unspecified atom stereocenters. The lowest BCUT2D eigenvalue weighted by Crippen LogP contribution is -2.35. The Balaban J connectivity index is 1.96. The maximum Gasteiger partial charge on any atom is 0.0545 e. The third kappa shape index (κ3) is 3.37. The van der Waals surface area contributed by atoms with Gasteiger partial charge in [-0.05, 0) is 31.0 Å². The van der Waals surface area contributed by atoms with Crippen LogP contribution in [-0.4, -0.2) is 29.2 Å². The van der Waals surface area contributed by atoms with Crippen LogP contribution in [0.15, 0.2) is 29.2 Å². The third-order valence-electron chi connectivity index (χ3n) is 3.17. The highest BCUT2D eigenvalue weighted by Crippen LogP contribution is 2.18. The molecule has 0 bridgehead atoms. The smallest absolute Gasteiger partial charge is 0.0545 e. The molecule has 0 radical (unpaired) electrons. The van der Waals surface area contributed by atoms with E-state index in [1.54, 1.807) is 0 Å². The second-order valence-corrected chi connectivity index (χ2v) is 6.11. The van der Waals surface area contributed by atoms with Gasteiger partial charge in [0.2, 0.25) is 0 Å². The summed E-state index contributed by atoms with van der Waals surface area (Å²) < 4.78 is 17.5. The van der Waals surface area contributed by atoms with Gasteiger partial charge in [0.05, 0.1) is 17.4 Å². The van der Waals surface area contributed by atoms with Crippen molar-refractivity contribution in [1.29, 1.82) is 0 Å². The number of aryl methyl sites for hydroxylation is 1. The second-order valence-electron chi connectivity index (χ2n) is 4.62. The van der Waals surface area contributed by atoms with Crippen molar-refractivity contribution in [3.63, 3.8) is 0 Å². The van der Waals surface area contributed by atoms with E-state index in [0.29, 0.717) is 18.3 Å². The van der Waals surface area contributed by atoms with Gasteiger partial charge in [0.1, 0.15) is 0 Å². The van der Waals surface area contributed by atoms with Crippen LogP contribution < -0.4 is 5.73 Å². The van der Waals surface area contributed by atoms with Crippen molar-refractivity contribution in [2.45, 2.75) is 24.3 Å². The summed E-state index contributed by atoms with van der Waals surface area (Å²) in [7, 11) is -1.00. The van der Waals surface area contributed by atoms with Gasteiger partial charge in [-0.2, -0.15) is 0 Å². The maximum atomic E-state index is 12.2. The fourth-order valence-electron chi connectivity index (χ4n) is 2.05. The van der Waals surface area contributed by atoms with Gasteiger partial charge >= 0.3 is 0 Å². The van der Waals surface area contributed by atoms with E-state index >= 15 is 0 Å². The zero-order valence-electron chi connectivity index (χ0n) is 10.1. The monoisotopic (exact) mass is 253 g/mol. The van der Waals surface area contributed by atoms with Gasteiger partial charge in [-0.1, -0.05) is 12.1 Å². The summed E-state index contributed by atoms with van der Waals surface area (Å²) >= 11 is 0. The Labute approximate surface area is 105 Å². The summed E-state index contributed by atoms with van der Waals surface area (Å²) in [6.07, 6.45) is 0.992. The molecule has 0 spiro atoms. The van der Waals surface area contributed by atoms with Gasteiger partial charge in [-0.3, -0.25) is 4.21 Å². The Hall–Kier alpha value is -0.710. The van der Waals surface area contributed by atoms with Gasteiger partial charge in [0.15, 0.2) is 0 Å². The van der Waals surface area contributed by atoms with E-state index in [2.05, 4.69) is 0 Å². The predicted molar refractivity (Wildman–Crippen MR) is 69.4 cm³/mol. The third-order valence-corrected chi connectivity index (χ3v) is 4.63. The van der Waals surface area contributed by atoms with Crippen LogP contribution in [0.2, 0.25) is 0 Å². The maximum absolute atomic E-state index is 12.2. The van der Waals surface area contributed by atoms with Gasteiger partial charge in [-0.25, -0.2) is 0 Å². The number of benzene rings is 1. The van der Waals surface area contributed by atoms with E-state index in [-0.39, 0.29) is 6.04 Å². The molecule has 3 nitrogen and oxygen atoms in total. The highest BCUT2D eigenvalue weighted by molar-refractivity contribution is 7.85. The van der Waals surface area contributed by atoms with Crippen molar-refractivity contribution in [2.75, 3.05) is 19.0 Å². The zero-order valence-corrected chi connectivity index (χ0v) is 10.9. The normalized spacial score (nSPS) is 23.5. The molecule has 2 rings (SSSR count). The first kappa shape index (κ1) is 12.7. The minimum absolute atomic E-state index is 0.0288. The standard InChI is InChI=1S/C13H19NO2S/c1-10-3-2-4-12(7-10)17(15)9-13(14)11-5-6-16-8-11/h2-4,7,11,13H,5-6,8-9,14H2,1H3. The molecular weight excluding hydrogens is 234 g/mol. The first-order valence-corrected chi connectivity index (χ1v) is 7.27. The summed E-state index contributed by atoms with van der Waals surface area (Å²) in [4.78, 5) is 0.874. The molecule has 3 atom stereocenters. The first-order chi connectivity index (χ1) is 8.16. The van der Waals surface area contributed by atoms with Crippen LogP contribution in [0.4, 0.5) is 0 Å². The summed E-state index contributed by atoms with van der Waals surface area (Å²) in [5.74, 6) is 0.890. The fourth-order valence-corrected chi connectivity index (χ4v) is 3.42. The van der Waals surface area contributed by atoms with E-state index in [9.17, 15) is 4.21 Å². The van der Waals surface area contributed by atoms with Gasteiger partial charge in [-0.15, -0.1) is 0 Å². The lowest BCUT2D eigenvalue weighted by molar-refractivity contribution is 0.182. The number of rotatable bonds is 4. The SMILES string of the molecule is Cc1cccc(S(=O)CC(N)C2CCOC2)c1. The fraction of sp³-hybridized carbons (Fsp3) is 0.538. The molecule has 1 aromatic carbocycles. The summed E-state index contributed by atoms with van der Waals surface area (Å²) in [6.45, 7) is 3.51. The number of hydrogen-bond acceptors (Lipinski definition) is 3. The minimum Gasteiger partial charge on any atom is -0.381 e. The molecule has 1 aliphatic heterocycles. The van der Waals surface area contributed by atoms with Gasteiger partial charge in [0.25, 0.3) is 0 Å². The first-order valence-electron chi connectivity index (χ1n) is 5.95. The minimum atomic E-state index is -1.00. The van der Waals surface area contributed by atoms with Crippen molar-refractivity contribution >= 4 is 10.8 Å². The molecule has 0 aromatic heterocycles. The van der Waals surface area contributed by atoms with Crippen molar-refractivity contribution < 1.29 is 8.95 Å². The lowest BCUT2D eigenvalue weighted by atomic mass is 10.0. The number of hydrogen-bond donors (Lipinski definition) is 1.